The number of benzene rings is 1. The first-order valence-corrected chi connectivity index (χ1v) is 12.9. The van der Waals surface area contributed by atoms with Crippen molar-refractivity contribution in [2.75, 3.05) is 33.3 Å². The van der Waals surface area contributed by atoms with Gasteiger partial charge >= 0.3 is 0 Å². The van der Waals surface area contributed by atoms with Gasteiger partial charge in [-0.05, 0) is 48.9 Å². The van der Waals surface area contributed by atoms with Gasteiger partial charge in [-0.2, -0.15) is 0 Å². The third kappa shape index (κ3) is 4.50. The van der Waals surface area contributed by atoms with E-state index in [-0.39, 0.29) is 35.3 Å². The van der Waals surface area contributed by atoms with Crippen molar-refractivity contribution in [3.05, 3.63) is 65.5 Å². The molecule has 0 saturated carbocycles. The highest BCUT2D eigenvalue weighted by molar-refractivity contribution is 5.94. The molecule has 5 rings (SSSR count). The minimum Gasteiger partial charge on any atom is -0.378 e. The van der Waals surface area contributed by atoms with Crippen LogP contribution in [0.3, 0.4) is 0 Å². The van der Waals surface area contributed by atoms with E-state index in [2.05, 4.69) is 22.4 Å². The average Bonchev–Trinajstić information content (AvgIpc) is 3.17. The van der Waals surface area contributed by atoms with Gasteiger partial charge in [0.05, 0.1) is 12.1 Å². The molecule has 0 unspecified atom stereocenters. The minimum atomic E-state index is -0.278. The molecule has 0 bridgehead atoms. The van der Waals surface area contributed by atoms with Gasteiger partial charge in [-0.1, -0.05) is 24.3 Å². The number of piperidine rings is 2. The van der Waals surface area contributed by atoms with Crippen LogP contribution in [0.15, 0.2) is 48.8 Å². The van der Waals surface area contributed by atoms with E-state index < -0.39 is 0 Å². The summed E-state index contributed by atoms with van der Waals surface area (Å²) in [6.45, 7) is 2.53. The minimum absolute atomic E-state index is 0.103. The number of ether oxygens (including phenoxy) is 1. The van der Waals surface area contributed by atoms with E-state index in [4.69, 9.17) is 4.74 Å². The molecule has 8 heteroatoms. The van der Waals surface area contributed by atoms with Gasteiger partial charge in [0.15, 0.2) is 0 Å². The van der Waals surface area contributed by atoms with Gasteiger partial charge in [-0.25, -0.2) is 0 Å². The lowest BCUT2D eigenvalue weighted by Gasteiger charge is -2.44. The smallest absolute Gasteiger partial charge is 0.251 e. The molecular formula is C28H34N4O4. The number of hydrogen-bond donors (Lipinski definition) is 1. The molecule has 2 fully saturated rings. The summed E-state index contributed by atoms with van der Waals surface area (Å²) in [6.07, 6.45) is 7.44. The van der Waals surface area contributed by atoms with Crippen LogP contribution in [0.4, 0.5) is 0 Å². The van der Waals surface area contributed by atoms with E-state index in [0.717, 1.165) is 37.8 Å². The second kappa shape index (κ2) is 10.4. The van der Waals surface area contributed by atoms with Crippen molar-refractivity contribution in [1.82, 2.24) is 20.1 Å². The van der Waals surface area contributed by atoms with Crippen LogP contribution in [0.5, 0.6) is 0 Å². The van der Waals surface area contributed by atoms with Gasteiger partial charge in [0.1, 0.15) is 0 Å². The normalized spacial score (nSPS) is 23.0. The maximum absolute atomic E-state index is 13.0. The average molecular weight is 491 g/mol. The lowest BCUT2D eigenvalue weighted by molar-refractivity contribution is -0.137. The monoisotopic (exact) mass is 490 g/mol. The number of carbonyl (C=O) groups is 3. The summed E-state index contributed by atoms with van der Waals surface area (Å²) in [5.74, 6) is 0.110. The van der Waals surface area contributed by atoms with E-state index in [1.54, 1.807) is 31.6 Å². The van der Waals surface area contributed by atoms with Crippen LogP contribution in [-0.4, -0.2) is 71.9 Å². The van der Waals surface area contributed by atoms with Crippen molar-refractivity contribution in [2.45, 2.75) is 56.1 Å². The molecule has 2 atom stereocenters. The Morgan fingerprint density at radius 1 is 1.08 bits per heavy atom. The summed E-state index contributed by atoms with van der Waals surface area (Å²) in [7, 11) is 1.71. The fourth-order valence-electron chi connectivity index (χ4n) is 6.30. The van der Waals surface area contributed by atoms with E-state index in [1.165, 1.54) is 5.56 Å². The van der Waals surface area contributed by atoms with Crippen LogP contribution < -0.4 is 5.32 Å². The van der Waals surface area contributed by atoms with Gasteiger partial charge in [0.25, 0.3) is 5.91 Å². The van der Waals surface area contributed by atoms with Gasteiger partial charge < -0.3 is 19.9 Å². The Labute approximate surface area is 212 Å². The molecule has 8 nitrogen and oxygen atoms in total. The van der Waals surface area contributed by atoms with Crippen LogP contribution in [0.1, 0.15) is 66.1 Å². The number of rotatable bonds is 6. The second-order valence-electron chi connectivity index (χ2n) is 10.1. The van der Waals surface area contributed by atoms with Crippen molar-refractivity contribution < 1.29 is 19.1 Å². The Morgan fingerprint density at radius 2 is 1.83 bits per heavy atom. The molecule has 190 valence electrons. The number of hydrogen-bond acceptors (Lipinski definition) is 5. The molecule has 1 aromatic heterocycles. The van der Waals surface area contributed by atoms with Gasteiger partial charge in [0, 0.05) is 69.5 Å². The molecule has 1 N–H and O–H groups in total. The van der Waals surface area contributed by atoms with Crippen molar-refractivity contribution in [1.29, 1.82) is 0 Å². The SMILES string of the molecule is CO[C@H]1[C@H](NC(=O)c2ccncc2)c2ccccc2C12CCN(C(=O)CCN1CCCCC1=O)CC2. The van der Waals surface area contributed by atoms with E-state index in [1.807, 2.05) is 21.9 Å². The van der Waals surface area contributed by atoms with Crippen LogP contribution in [0.2, 0.25) is 0 Å². The molecular weight excluding hydrogens is 456 g/mol. The summed E-state index contributed by atoms with van der Waals surface area (Å²) in [4.78, 5) is 45.9. The molecule has 2 aliphatic heterocycles. The molecule has 3 aliphatic rings. The third-order valence-electron chi connectivity index (χ3n) is 8.19. The number of aromatic nitrogens is 1. The number of pyridine rings is 1. The Balaban J connectivity index is 1.29. The number of nitrogens with zero attached hydrogens (tertiary/aromatic N) is 3. The van der Waals surface area contributed by atoms with Gasteiger partial charge in [-0.15, -0.1) is 0 Å². The van der Waals surface area contributed by atoms with Gasteiger partial charge in [0.2, 0.25) is 11.8 Å². The maximum atomic E-state index is 13.0. The molecule has 0 radical (unpaired) electrons. The number of nitrogens with one attached hydrogen (secondary N) is 1. The fourth-order valence-corrected chi connectivity index (χ4v) is 6.30. The molecule has 3 heterocycles. The zero-order valence-electron chi connectivity index (χ0n) is 20.8. The fraction of sp³-hybridized carbons (Fsp3) is 0.500. The number of amides is 3. The number of carbonyl (C=O) groups excluding carboxylic acids is 3. The molecule has 36 heavy (non-hydrogen) atoms. The summed E-state index contributed by atoms with van der Waals surface area (Å²) in [5, 5.41) is 3.21. The van der Waals surface area contributed by atoms with Crippen LogP contribution in [-0.2, 0) is 19.7 Å². The van der Waals surface area contributed by atoms with Gasteiger partial charge in [-0.3, -0.25) is 19.4 Å². The molecule has 2 aromatic rings. The lowest BCUT2D eigenvalue weighted by atomic mass is 9.71. The highest BCUT2D eigenvalue weighted by Crippen LogP contribution is 2.52. The highest BCUT2D eigenvalue weighted by atomic mass is 16.5. The Morgan fingerprint density at radius 3 is 2.56 bits per heavy atom. The molecule has 1 aliphatic carbocycles. The maximum Gasteiger partial charge on any atom is 0.251 e. The molecule has 3 amide bonds. The standard InChI is InChI=1S/C28H34N4O4/c1-36-26-25(30-27(35)20-9-14-29-15-10-20)21-6-2-3-7-22(21)28(26)12-18-32(19-13-28)24(34)11-17-31-16-5-4-8-23(31)33/h2-3,6-7,9-10,14-15,25-26H,4-5,8,11-13,16-19H2,1H3,(H,30,35)/t25-,26+/m1/s1. The molecule has 1 aromatic carbocycles. The summed E-state index contributed by atoms with van der Waals surface area (Å²) >= 11 is 0. The molecule has 1 spiro atoms. The largest absolute Gasteiger partial charge is 0.378 e. The predicted octanol–water partition coefficient (Wildman–Crippen LogP) is 2.84. The van der Waals surface area contributed by atoms with Crippen molar-refractivity contribution in [3.8, 4) is 0 Å². The first kappa shape index (κ1) is 24.4. The predicted molar refractivity (Wildman–Crippen MR) is 134 cm³/mol. The summed E-state index contributed by atoms with van der Waals surface area (Å²) < 4.78 is 6.10. The highest BCUT2D eigenvalue weighted by Gasteiger charge is 2.54. The first-order chi connectivity index (χ1) is 17.5. The quantitative estimate of drug-likeness (QED) is 0.672. The second-order valence-corrected chi connectivity index (χ2v) is 10.1. The lowest BCUT2D eigenvalue weighted by Crippen LogP contribution is -2.52. The van der Waals surface area contributed by atoms with Crippen LogP contribution >= 0.6 is 0 Å². The number of fused-ring (bicyclic) bond motifs is 2. The number of methoxy groups -OCH3 is 1. The zero-order chi connectivity index (χ0) is 25.1. The Bertz CT molecular complexity index is 1110. The van der Waals surface area contributed by atoms with Crippen LogP contribution in [0.25, 0.3) is 0 Å². The van der Waals surface area contributed by atoms with E-state index >= 15 is 0 Å². The van der Waals surface area contributed by atoms with Crippen molar-refractivity contribution >= 4 is 17.7 Å². The summed E-state index contributed by atoms with van der Waals surface area (Å²) in [5.41, 5.74) is 2.56. The van der Waals surface area contributed by atoms with Crippen molar-refractivity contribution in [2.24, 2.45) is 0 Å². The third-order valence-corrected chi connectivity index (χ3v) is 8.19. The van der Waals surface area contributed by atoms with Crippen molar-refractivity contribution in [3.63, 3.8) is 0 Å². The Hall–Kier alpha value is -3.26. The Kier molecular flexibility index (Phi) is 7.05. The topological polar surface area (TPSA) is 91.8 Å². The van der Waals surface area contributed by atoms with E-state index in [9.17, 15) is 14.4 Å². The molecule has 2 saturated heterocycles. The first-order valence-electron chi connectivity index (χ1n) is 12.9. The van der Waals surface area contributed by atoms with Crippen LogP contribution in [0, 0.1) is 0 Å². The zero-order valence-corrected chi connectivity index (χ0v) is 20.8. The number of likely N-dealkylation sites (tertiary alicyclic amines) is 2. The summed E-state index contributed by atoms with van der Waals surface area (Å²) in [6, 6.07) is 11.4. The van der Waals surface area contributed by atoms with E-state index in [0.29, 0.717) is 38.0 Å².